The van der Waals surface area contributed by atoms with Crippen molar-refractivity contribution in [3.05, 3.63) is 59.7 Å². The molecule has 0 saturated heterocycles. The molecule has 0 spiro atoms. The van der Waals surface area contributed by atoms with Gasteiger partial charge in [0.25, 0.3) is 5.91 Å². The highest BCUT2D eigenvalue weighted by molar-refractivity contribution is 7.89. The number of carbonyl (C=O) groups is 1. The number of benzene rings is 2. The number of amides is 1. The number of carbonyl (C=O) groups excluding carboxylic acids is 1. The molecule has 0 atom stereocenters. The zero-order chi connectivity index (χ0) is 18.8. The highest BCUT2D eigenvalue weighted by Gasteiger charge is 2.33. The topological polar surface area (TPSA) is 66.5 Å². The first kappa shape index (κ1) is 18.9. The summed E-state index contributed by atoms with van der Waals surface area (Å²) in [5, 5.41) is 2.20. The minimum Gasteiger partial charge on any atom is -0.321 e. The zero-order valence-corrected chi connectivity index (χ0v) is 14.1. The second-order valence-electron chi connectivity index (χ2n) is 5.31. The Balaban J connectivity index is 2.26. The molecule has 5 nitrogen and oxygen atoms in total. The van der Waals surface area contributed by atoms with Gasteiger partial charge in [-0.25, -0.2) is 12.7 Å². The largest absolute Gasteiger partial charge is 0.418 e. The van der Waals surface area contributed by atoms with Crippen LogP contribution in [0.3, 0.4) is 0 Å². The van der Waals surface area contributed by atoms with Gasteiger partial charge in [0.2, 0.25) is 10.0 Å². The average Bonchev–Trinajstić information content (AvgIpc) is 2.54. The van der Waals surface area contributed by atoms with E-state index < -0.39 is 27.7 Å². The monoisotopic (exact) mass is 372 g/mol. The van der Waals surface area contributed by atoms with E-state index in [4.69, 9.17) is 0 Å². The maximum Gasteiger partial charge on any atom is 0.418 e. The van der Waals surface area contributed by atoms with Gasteiger partial charge < -0.3 is 5.32 Å². The predicted molar refractivity (Wildman–Crippen MR) is 86.7 cm³/mol. The Kier molecular flexibility index (Phi) is 5.19. The van der Waals surface area contributed by atoms with E-state index in [1.807, 2.05) is 0 Å². The maximum atomic E-state index is 12.9. The van der Waals surface area contributed by atoms with E-state index in [0.29, 0.717) is 0 Å². The molecule has 1 amide bonds. The van der Waals surface area contributed by atoms with Crippen LogP contribution in [0.1, 0.15) is 15.9 Å². The van der Waals surface area contributed by atoms with Crippen LogP contribution in [0.2, 0.25) is 0 Å². The van der Waals surface area contributed by atoms with E-state index in [-0.39, 0.29) is 16.1 Å². The summed E-state index contributed by atoms with van der Waals surface area (Å²) in [5.74, 6) is -0.773. The van der Waals surface area contributed by atoms with Crippen LogP contribution in [0.4, 0.5) is 18.9 Å². The third kappa shape index (κ3) is 4.18. The molecule has 0 heterocycles. The van der Waals surface area contributed by atoms with Gasteiger partial charge in [0.05, 0.1) is 16.1 Å². The first-order valence-corrected chi connectivity index (χ1v) is 8.47. The molecule has 2 aromatic carbocycles. The molecule has 0 radical (unpaired) electrons. The van der Waals surface area contributed by atoms with Crippen molar-refractivity contribution in [2.24, 2.45) is 0 Å². The molecule has 0 bridgehead atoms. The summed E-state index contributed by atoms with van der Waals surface area (Å²) in [5.41, 5.74) is -1.30. The number of nitrogens with zero attached hydrogens (tertiary/aromatic N) is 1. The zero-order valence-electron chi connectivity index (χ0n) is 13.3. The number of rotatable bonds is 4. The van der Waals surface area contributed by atoms with Crippen molar-refractivity contribution in [1.29, 1.82) is 0 Å². The van der Waals surface area contributed by atoms with Crippen molar-refractivity contribution >= 4 is 21.6 Å². The summed E-state index contributed by atoms with van der Waals surface area (Å²) in [6.45, 7) is 0. The third-order valence-corrected chi connectivity index (χ3v) is 5.21. The van der Waals surface area contributed by atoms with Gasteiger partial charge in [0.15, 0.2) is 0 Å². The molecule has 0 aliphatic carbocycles. The highest BCUT2D eigenvalue weighted by Crippen LogP contribution is 2.34. The van der Waals surface area contributed by atoms with Gasteiger partial charge in [0, 0.05) is 19.7 Å². The smallest absolute Gasteiger partial charge is 0.321 e. The molecule has 2 rings (SSSR count). The maximum absolute atomic E-state index is 12.9. The van der Waals surface area contributed by atoms with Crippen molar-refractivity contribution < 1.29 is 26.4 Å². The van der Waals surface area contributed by atoms with Crippen LogP contribution in [0, 0.1) is 0 Å². The van der Waals surface area contributed by atoms with Crippen molar-refractivity contribution in [3.63, 3.8) is 0 Å². The van der Waals surface area contributed by atoms with E-state index in [0.717, 1.165) is 16.4 Å². The van der Waals surface area contributed by atoms with Crippen LogP contribution in [-0.2, 0) is 16.2 Å². The molecular formula is C16H15F3N2O3S. The molecule has 0 aliphatic rings. The Morgan fingerprint density at radius 1 is 1.00 bits per heavy atom. The molecule has 0 aliphatic heterocycles. The van der Waals surface area contributed by atoms with Crippen LogP contribution < -0.4 is 5.32 Å². The Bertz CT molecular complexity index is 876. The molecule has 1 N–H and O–H groups in total. The lowest BCUT2D eigenvalue weighted by Gasteiger charge is -2.14. The number of alkyl halides is 3. The van der Waals surface area contributed by atoms with Gasteiger partial charge >= 0.3 is 6.18 Å². The van der Waals surface area contributed by atoms with Crippen molar-refractivity contribution in [2.75, 3.05) is 19.4 Å². The normalized spacial score (nSPS) is 12.2. The lowest BCUT2D eigenvalue weighted by Crippen LogP contribution is -2.22. The quantitative estimate of drug-likeness (QED) is 0.896. The lowest BCUT2D eigenvalue weighted by atomic mass is 10.1. The first-order chi connectivity index (χ1) is 11.5. The third-order valence-electron chi connectivity index (χ3n) is 3.38. The molecule has 0 saturated carbocycles. The molecular weight excluding hydrogens is 357 g/mol. The summed E-state index contributed by atoms with van der Waals surface area (Å²) >= 11 is 0. The molecule has 25 heavy (non-hydrogen) atoms. The van der Waals surface area contributed by atoms with Crippen molar-refractivity contribution in [2.45, 2.75) is 11.1 Å². The van der Waals surface area contributed by atoms with Gasteiger partial charge in [-0.05, 0) is 36.4 Å². The van der Waals surface area contributed by atoms with E-state index in [2.05, 4.69) is 5.32 Å². The average molecular weight is 372 g/mol. The summed E-state index contributed by atoms with van der Waals surface area (Å²) in [6, 6.07) is 9.52. The van der Waals surface area contributed by atoms with Crippen LogP contribution in [0.15, 0.2) is 53.4 Å². The lowest BCUT2D eigenvalue weighted by molar-refractivity contribution is -0.136. The molecule has 0 aromatic heterocycles. The molecule has 134 valence electrons. The Morgan fingerprint density at radius 2 is 1.56 bits per heavy atom. The summed E-state index contributed by atoms with van der Waals surface area (Å²) in [7, 11) is -0.921. The standard InChI is InChI=1S/C16H15F3N2O3S/c1-21(2)25(23,24)12-9-7-11(8-10-12)15(22)20-14-6-4-3-5-13(14)16(17,18)19/h3-10H,1-2H3,(H,20,22). The van der Waals surface area contributed by atoms with Gasteiger partial charge in [-0.1, -0.05) is 12.1 Å². The van der Waals surface area contributed by atoms with Crippen molar-refractivity contribution in [1.82, 2.24) is 4.31 Å². The number of sulfonamides is 1. The van der Waals surface area contributed by atoms with Crippen LogP contribution in [0.25, 0.3) is 0 Å². The van der Waals surface area contributed by atoms with E-state index >= 15 is 0 Å². The second kappa shape index (κ2) is 6.85. The second-order valence-corrected chi connectivity index (χ2v) is 7.46. The number of para-hydroxylation sites is 1. The fourth-order valence-electron chi connectivity index (χ4n) is 2.02. The molecule has 9 heteroatoms. The Labute approximate surface area is 143 Å². The van der Waals surface area contributed by atoms with Crippen LogP contribution in [-0.4, -0.2) is 32.7 Å². The molecule has 2 aromatic rings. The molecule has 0 fully saturated rings. The minimum absolute atomic E-state index is 0.0234. The fourth-order valence-corrected chi connectivity index (χ4v) is 2.92. The highest BCUT2D eigenvalue weighted by atomic mass is 32.2. The number of hydrogen-bond acceptors (Lipinski definition) is 3. The van der Waals surface area contributed by atoms with Gasteiger partial charge in [-0.3, -0.25) is 4.79 Å². The summed E-state index contributed by atoms with van der Waals surface area (Å²) < 4.78 is 63.7. The van der Waals surface area contributed by atoms with Crippen LogP contribution in [0.5, 0.6) is 0 Å². The SMILES string of the molecule is CN(C)S(=O)(=O)c1ccc(C(=O)Nc2ccccc2C(F)(F)F)cc1. The first-order valence-electron chi connectivity index (χ1n) is 7.03. The Morgan fingerprint density at radius 3 is 2.08 bits per heavy atom. The van der Waals surface area contributed by atoms with E-state index in [9.17, 15) is 26.4 Å². The minimum atomic E-state index is -4.60. The van der Waals surface area contributed by atoms with Crippen molar-refractivity contribution in [3.8, 4) is 0 Å². The molecule has 0 unspecified atom stereocenters. The van der Waals surface area contributed by atoms with E-state index in [1.54, 1.807) is 0 Å². The van der Waals surface area contributed by atoms with Crippen LogP contribution >= 0.6 is 0 Å². The predicted octanol–water partition coefficient (Wildman–Crippen LogP) is 3.21. The van der Waals surface area contributed by atoms with Gasteiger partial charge in [0.1, 0.15) is 0 Å². The summed E-state index contributed by atoms with van der Waals surface area (Å²) in [6.07, 6.45) is -4.60. The number of nitrogens with one attached hydrogen (secondary N) is 1. The van der Waals surface area contributed by atoms with Gasteiger partial charge in [-0.15, -0.1) is 0 Å². The van der Waals surface area contributed by atoms with Gasteiger partial charge in [-0.2, -0.15) is 13.2 Å². The number of anilines is 1. The number of halogens is 3. The fraction of sp³-hybridized carbons (Fsp3) is 0.188. The van der Waals surface area contributed by atoms with E-state index in [1.165, 1.54) is 50.5 Å². The number of hydrogen-bond donors (Lipinski definition) is 1. The summed E-state index contributed by atoms with van der Waals surface area (Å²) in [4.78, 5) is 12.1. The Hall–Kier alpha value is -2.39.